The van der Waals surface area contributed by atoms with Gasteiger partial charge in [0.05, 0.1) is 5.69 Å². The molecule has 0 radical (unpaired) electrons. The summed E-state index contributed by atoms with van der Waals surface area (Å²) >= 11 is 0. The van der Waals surface area contributed by atoms with E-state index in [1.54, 1.807) is 0 Å². The van der Waals surface area contributed by atoms with Crippen molar-refractivity contribution >= 4 is 17.6 Å². The standard InChI is InChI=1S/C24H35N5O2/c1-4-18(5-2)21-16-20(31-28-21)17-27-24(25-6-3)26-14-9-12-23(30)29-15-13-19-10-7-8-11-22(19)29/h7-8,10-11,16,18H,4-6,9,12-15,17H2,1-3H3,(H2,25,26,27). The van der Waals surface area contributed by atoms with Gasteiger partial charge in [-0.3, -0.25) is 4.79 Å². The highest BCUT2D eigenvalue weighted by molar-refractivity contribution is 5.95. The second kappa shape index (κ2) is 11.5. The Labute approximate surface area is 185 Å². The largest absolute Gasteiger partial charge is 0.359 e. The summed E-state index contributed by atoms with van der Waals surface area (Å²) < 4.78 is 5.46. The Balaban J connectivity index is 1.46. The molecule has 0 bridgehead atoms. The third-order valence-electron chi connectivity index (χ3n) is 5.77. The van der Waals surface area contributed by atoms with Crippen LogP contribution in [0.25, 0.3) is 0 Å². The number of amides is 1. The average Bonchev–Trinajstić information content (AvgIpc) is 3.43. The van der Waals surface area contributed by atoms with Crippen LogP contribution in [-0.2, 0) is 17.8 Å². The maximum absolute atomic E-state index is 12.6. The van der Waals surface area contributed by atoms with Crippen molar-refractivity contribution in [2.24, 2.45) is 4.99 Å². The predicted molar refractivity (Wildman–Crippen MR) is 124 cm³/mol. The summed E-state index contributed by atoms with van der Waals surface area (Å²) in [7, 11) is 0. The molecule has 0 spiro atoms. The minimum atomic E-state index is 0.185. The van der Waals surface area contributed by atoms with E-state index < -0.39 is 0 Å². The first-order valence-corrected chi connectivity index (χ1v) is 11.5. The molecule has 0 fully saturated rings. The van der Waals surface area contributed by atoms with Crippen LogP contribution in [0.4, 0.5) is 5.69 Å². The zero-order valence-electron chi connectivity index (χ0n) is 19.0. The molecule has 1 aromatic heterocycles. The summed E-state index contributed by atoms with van der Waals surface area (Å²) in [6, 6.07) is 10.2. The third-order valence-corrected chi connectivity index (χ3v) is 5.77. The number of nitrogens with zero attached hydrogens (tertiary/aromatic N) is 3. The lowest BCUT2D eigenvalue weighted by atomic mass is 9.99. The molecule has 1 aromatic carbocycles. The van der Waals surface area contributed by atoms with Gasteiger partial charge in [0.25, 0.3) is 0 Å². The highest BCUT2D eigenvalue weighted by Crippen LogP contribution is 2.28. The molecule has 0 saturated carbocycles. The number of hydrogen-bond acceptors (Lipinski definition) is 4. The molecule has 1 aliphatic heterocycles. The number of nitrogens with one attached hydrogen (secondary N) is 2. The molecular formula is C24H35N5O2. The number of carbonyl (C=O) groups is 1. The van der Waals surface area contributed by atoms with Gasteiger partial charge in [-0.2, -0.15) is 0 Å². The van der Waals surface area contributed by atoms with E-state index in [0.29, 0.717) is 25.4 Å². The smallest absolute Gasteiger partial charge is 0.227 e. The van der Waals surface area contributed by atoms with E-state index in [1.807, 2.05) is 36.1 Å². The Morgan fingerprint density at radius 3 is 2.81 bits per heavy atom. The second-order valence-electron chi connectivity index (χ2n) is 7.88. The van der Waals surface area contributed by atoms with Crippen LogP contribution in [0.15, 0.2) is 39.8 Å². The molecule has 3 rings (SSSR count). The van der Waals surface area contributed by atoms with Gasteiger partial charge in [-0.05, 0) is 44.2 Å². The molecule has 2 aromatic rings. The second-order valence-corrected chi connectivity index (χ2v) is 7.88. The molecule has 7 heteroatoms. The summed E-state index contributed by atoms with van der Waals surface area (Å²) in [6.07, 6.45) is 4.32. The molecule has 2 N–H and O–H groups in total. The summed E-state index contributed by atoms with van der Waals surface area (Å²) in [5.74, 6) is 2.11. The lowest BCUT2D eigenvalue weighted by Gasteiger charge is -2.17. The van der Waals surface area contributed by atoms with Crippen molar-refractivity contribution in [1.82, 2.24) is 15.8 Å². The lowest BCUT2D eigenvalue weighted by Crippen LogP contribution is -2.38. The van der Waals surface area contributed by atoms with Gasteiger partial charge in [0.1, 0.15) is 6.54 Å². The first kappa shape index (κ1) is 22.8. The fourth-order valence-corrected chi connectivity index (χ4v) is 3.98. The number of benzene rings is 1. The van der Waals surface area contributed by atoms with Crippen molar-refractivity contribution in [3.63, 3.8) is 0 Å². The number of rotatable bonds is 10. The van der Waals surface area contributed by atoms with Crippen LogP contribution in [-0.4, -0.2) is 36.7 Å². The Morgan fingerprint density at radius 2 is 2.03 bits per heavy atom. The van der Waals surface area contributed by atoms with E-state index in [1.165, 1.54) is 5.56 Å². The number of fused-ring (bicyclic) bond motifs is 1. The Kier molecular flexibility index (Phi) is 8.50. The topological polar surface area (TPSA) is 82.8 Å². The van der Waals surface area contributed by atoms with E-state index in [-0.39, 0.29) is 5.91 Å². The van der Waals surface area contributed by atoms with Gasteiger partial charge in [-0.15, -0.1) is 0 Å². The quantitative estimate of drug-likeness (QED) is 0.341. The average molecular weight is 426 g/mol. The van der Waals surface area contributed by atoms with E-state index >= 15 is 0 Å². The normalized spacial score (nSPS) is 13.5. The molecule has 0 unspecified atom stereocenters. The fourth-order valence-electron chi connectivity index (χ4n) is 3.98. The van der Waals surface area contributed by atoms with Crippen molar-refractivity contribution in [3.8, 4) is 0 Å². The minimum Gasteiger partial charge on any atom is -0.359 e. The monoisotopic (exact) mass is 425 g/mol. The molecule has 0 atom stereocenters. The maximum atomic E-state index is 12.6. The lowest BCUT2D eigenvalue weighted by molar-refractivity contribution is -0.118. The van der Waals surface area contributed by atoms with Crippen LogP contribution in [0.3, 0.4) is 0 Å². The Morgan fingerprint density at radius 1 is 1.23 bits per heavy atom. The molecule has 2 heterocycles. The van der Waals surface area contributed by atoms with Crippen molar-refractivity contribution < 1.29 is 9.32 Å². The predicted octanol–water partition coefficient (Wildman–Crippen LogP) is 4.00. The summed E-state index contributed by atoms with van der Waals surface area (Å²) in [5.41, 5.74) is 3.33. The zero-order chi connectivity index (χ0) is 22.1. The van der Waals surface area contributed by atoms with E-state index in [9.17, 15) is 4.79 Å². The van der Waals surface area contributed by atoms with Crippen molar-refractivity contribution in [3.05, 3.63) is 47.3 Å². The van der Waals surface area contributed by atoms with Crippen molar-refractivity contribution in [2.45, 2.75) is 65.3 Å². The highest BCUT2D eigenvalue weighted by atomic mass is 16.5. The Bertz CT molecular complexity index is 872. The van der Waals surface area contributed by atoms with Crippen LogP contribution in [0, 0.1) is 0 Å². The van der Waals surface area contributed by atoms with Crippen LogP contribution in [0.1, 0.15) is 69.4 Å². The van der Waals surface area contributed by atoms with Crippen LogP contribution in [0.2, 0.25) is 0 Å². The molecule has 0 aliphatic carbocycles. The van der Waals surface area contributed by atoms with Crippen molar-refractivity contribution in [1.29, 1.82) is 0 Å². The molecule has 0 saturated heterocycles. The van der Waals surface area contributed by atoms with Gasteiger partial charge in [0.15, 0.2) is 11.7 Å². The van der Waals surface area contributed by atoms with Gasteiger partial charge in [-0.1, -0.05) is 37.2 Å². The number of aromatic nitrogens is 1. The van der Waals surface area contributed by atoms with Crippen molar-refractivity contribution in [2.75, 3.05) is 24.5 Å². The molecule has 168 valence electrons. The number of carbonyl (C=O) groups excluding carboxylic acids is 1. The highest BCUT2D eigenvalue weighted by Gasteiger charge is 2.23. The van der Waals surface area contributed by atoms with Crippen LogP contribution >= 0.6 is 0 Å². The molecule has 1 aliphatic rings. The number of hydrogen-bond donors (Lipinski definition) is 2. The number of guanidine groups is 1. The molecule has 7 nitrogen and oxygen atoms in total. The van der Waals surface area contributed by atoms with Gasteiger partial charge in [0, 0.05) is 43.7 Å². The summed E-state index contributed by atoms with van der Waals surface area (Å²) in [5, 5.41) is 10.8. The third kappa shape index (κ3) is 6.09. The van der Waals surface area contributed by atoms with Gasteiger partial charge < -0.3 is 20.1 Å². The van der Waals surface area contributed by atoms with Gasteiger partial charge in [-0.25, -0.2) is 4.99 Å². The maximum Gasteiger partial charge on any atom is 0.227 e. The summed E-state index contributed by atoms with van der Waals surface area (Å²) in [4.78, 5) is 19.1. The minimum absolute atomic E-state index is 0.185. The van der Waals surface area contributed by atoms with E-state index in [0.717, 1.165) is 61.9 Å². The molecule has 1 amide bonds. The first-order chi connectivity index (χ1) is 15.2. The number of para-hydroxylation sites is 1. The van der Waals surface area contributed by atoms with Crippen LogP contribution < -0.4 is 15.5 Å². The fraction of sp³-hybridized carbons (Fsp3) is 0.542. The SMILES string of the molecule is CCNC(=NCc1cc(C(CC)CC)no1)NCCCC(=O)N1CCc2ccccc21. The molecule has 31 heavy (non-hydrogen) atoms. The number of anilines is 1. The first-order valence-electron chi connectivity index (χ1n) is 11.5. The number of aliphatic imine (C=N–C) groups is 1. The Hall–Kier alpha value is -2.83. The van der Waals surface area contributed by atoms with Gasteiger partial charge in [0.2, 0.25) is 5.91 Å². The molecular weight excluding hydrogens is 390 g/mol. The van der Waals surface area contributed by atoms with E-state index in [2.05, 4.69) is 40.7 Å². The summed E-state index contributed by atoms with van der Waals surface area (Å²) in [6.45, 7) is 9.04. The van der Waals surface area contributed by atoms with Gasteiger partial charge >= 0.3 is 0 Å². The zero-order valence-corrected chi connectivity index (χ0v) is 19.0. The van der Waals surface area contributed by atoms with Crippen LogP contribution in [0.5, 0.6) is 0 Å². The van der Waals surface area contributed by atoms with E-state index in [4.69, 9.17) is 4.52 Å².